The van der Waals surface area contributed by atoms with E-state index in [1.807, 2.05) is 61.5 Å². The fourth-order valence-corrected chi connectivity index (χ4v) is 2.70. The summed E-state index contributed by atoms with van der Waals surface area (Å²) in [7, 11) is 0. The number of amides is 1. The summed E-state index contributed by atoms with van der Waals surface area (Å²) in [6.45, 7) is 2.21. The number of carbonyl (C=O) groups is 1. The van der Waals surface area contributed by atoms with Gasteiger partial charge in [-0.25, -0.2) is 4.68 Å². The van der Waals surface area contributed by atoms with Crippen LogP contribution in [0.1, 0.15) is 21.7 Å². The monoisotopic (exact) mass is 359 g/mol. The minimum absolute atomic E-state index is 0.180. The lowest BCUT2D eigenvalue weighted by Crippen LogP contribution is -2.23. The van der Waals surface area contributed by atoms with E-state index in [0.717, 1.165) is 16.8 Å². The van der Waals surface area contributed by atoms with Gasteiger partial charge in [-0.05, 0) is 19.1 Å². The van der Waals surface area contributed by atoms with Gasteiger partial charge in [0.05, 0.1) is 17.8 Å². The number of nitrogens with zero attached hydrogens (tertiary/aromatic N) is 4. The van der Waals surface area contributed by atoms with Crippen LogP contribution >= 0.6 is 0 Å². The largest absolute Gasteiger partial charge is 0.344 e. The molecular formula is C20H17N5O2. The van der Waals surface area contributed by atoms with Gasteiger partial charge in [0.1, 0.15) is 5.69 Å². The minimum Gasteiger partial charge on any atom is -0.344 e. The topological polar surface area (TPSA) is 85.8 Å². The Kier molecular flexibility index (Phi) is 4.49. The first-order valence-corrected chi connectivity index (χ1v) is 8.46. The number of aryl methyl sites for hydroxylation is 1. The van der Waals surface area contributed by atoms with E-state index in [4.69, 9.17) is 0 Å². The molecule has 0 atom stereocenters. The van der Waals surface area contributed by atoms with Crippen molar-refractivity contribution in [2.75, 3.05) is 0 Å². The molecule has 0 saturated carbocycles. The maximum Gasteiger partial charge on any atom is 0.255 e. The van der Waals surface area contributed by atoms with E-state index in [9.17, 15) is 4.79 Å². The van der Waals surface area contributed by atoms with E-state index in [1.54, 1.807) is 10.9 Å². The summed E-state index contributed by atoms with van der Waals surface area (Å²) in [5, 5.41) is 11.2. The fourth-order valence-electron chi connectivity index (χ4n) is 2.70. The molecule has 7 heteroatoms. The van der Waals surface area contributed by atoms with Gasteiger partial charge in [-0.15, -0.1) is 0 Å². The van der Waals surface area contributed by atoms with Crippen molar-refractivity contribution in [1.29, 1.82) is 0 Å². The maximum absolute atomic E-state index is 12.8. The molecule has 1 amide bonds. The van der Waals surface area contributed by atoms with E-state index in [0.29, 0.717) is 17.1 Å². The summed E-state index contributed by atoms with van der Waals surface area (Å²) in [6.07, 6.45) is 2.96. The SMILES string of the molecule is Cc1ccc(-n2cc(C(=O)NCc3ncon3)c(-c3ccccc3)n2)cc1. The smallest absolute Gasteiger partial charge is 0.255 e. The Hall–Kier alpha value is -3.74. The highest BCUT2D eigenvalue weighted by atomic mass is 16.5. The minimum atomic E-state index is -0.253. The summed E-state index contributed by atoms with van der Waals surface area (Å²) in [4.78, 5) is 16.7. The molecule has 2 aromatic carbocycles. The quantitative estimate of drug-likeness (QED) is 0.591. The van der Waals surface area contributed by atoms with Crippen molar-refractivity contribution in [3.8, 4) is 16.9 Å². The molecule has 2 aromatic heterocycles. The molecule has 4 aromatic rings. The van der Waals surface area contributed by atoms with Crippen molar-refractivity contribution in [2.24, 2.45) is 0 Å². The zero-order valence-corrected chi connectivity index (χ0v) is 14.7. The van der Waals surface area contributed by atoms with Gasteiger partial charge < -0.3 is 9.84 Å². The van der Waals surface area contributed by atoms with Crippen LogP contribution in [0.2, 0.25) is 0 Å². The standard InChI is InChI=1S/C20H17N5O2/c1-14-7-9-16(10-8-14)25-12-17(19(23-25)15-5-3-2-4-6-15)20(26)21-11-18-22-13-27-24-18/h2-10,12-13H,11H2,1H3,(H,21,26). The Morgan fingerprint density at radius 1 is 1.11 bits per heavy atom. The molecule has 0 spiro atoms. The van der Waals surface area contributed by atoms with Crippen molar-refractivity contribution in [3.05, 3.63) is 84.1 Å². The molecule has 0 bridgehead atoms. The molecule has 0 radical (unpaired) electrons. The second-order valence-corrected chi connectivity index (χ2v) is 6.07. The van der Waals surface area contributed by atoms with Gasteiger partial charge >= 0.3 is 0 Å². The Morgan fingerprint density at radius 2 is 1.89 bits per heavy atom. The van der Waals surface area contributed by atoms with Crippen molar-refractivity contribution in [2.45, 2.75) is 13.5 Å². The third-order valence-corrected chi connectivity index (χ3v) is 4.12. The number of aromatic nitrogens is 4. The van der Waals surface area contributed by atoms with E-state index in [-0.39, 0.29) is 12.5 Å². The van der Waals surface area contributed by atoms with Crippen LogP contribution in [0.3, 0.4) is 0 Å². The predicted octanol–water partition coefficient (Wildman–Crippen LogP) is 3.16. The Morgan fingerprint density at radius 3 is 2.59 bits per heavy atom. The third kappa shape index (κ3) is 3.62. The molecule has 0 aliphatic carbocycles. The number of nitrogens with one attached hydrogen (secondary N) is 1. The number of carbonyl (C=O) groups excluding carboxylic acids is 1. The zero-order valence-electron chi connectivity index (χ0n) is 14.7. The van der Waals surface area contributed by atoms with E-state index >= 15 is 0 Å². The van der Waals surface area contributed by atoms with Gasteiger partial charge in [0.2, 0.25) is 6.39 Å². The van der Waals surface area contributed by atoms with Gasteiger partial charge in [0.15, 0.2) is 5.82 Å². The second kappa shape index (κ2) is 7.25. The molecule has 0 unspecified atom stereocenters. The molecule has 0 aliphatic rings. The lowest BCUT2D eigenvalue weighted by Gasteiger charge is -2.03. The van der Waals surface area contributed by atoms with Crippen LogP contribution in [0.4, 0.5) is 0 Å². The van der Waals surface area contributed by atoms with Crippen LogP contribution in [-0.2, 0) is 6.54 Å². The van der Waals surface area contributed by atoms with Gasteiger partial charge in [-0.3, -0.25) is 4.79 Å². The summed E-state index contributed by atoms with van der Waals surface area (Å²) < 4.78 is 6.40. The Bertz CT molecular complexity index is 1040. The van der Waals surface area contributed by atoms with Crippen LogP contribution in [0.15, 0.2) is 71.7 Å². The fraction of sp³-hybridized carbons (Fsp3) is 0.100. The Balaban J connectivity index is 1.69. The van der Waals surface area contributed by atoms with E-state index < -0.39 is 0 Å². The highest BCUT2D eigenvalue weighted by Crippen LogP contribution is 2.23. The molecule has 1 N–H and O–H groups in total. The molecule has 0 fully saturated rings. The van der Waals surface area contributed by atoms with Gasteiger partial charge in [0.25, 0.3) is 5.91 Å². The van der Waals surface area contributed by atoms with Gasteiger partial charge in [-0.1, -0.05) is 53.2 Å². The number of benzene rings is 2. The van der Waals surface area contributed by atoms with E-state index in [1.165, 1.54) is 6.39 Å². The number of hydrogen-bond acceptors (Lipinski definition) is 5. The molecule has 4 rings (SSSR count). The van der Waals surface area contributed by atoms with Crippen molar-refractivity contribution in [1.82, 2.24) is 25.2 Å². The summed E-state index contributed by atoms with van der Waals surface area (Å²) >= 11 is 0. The number of rotatable bonds is 5. The first-order chi connectivity index (χ1) is 13.2. The van der Waals surface area contributed by atoms with Gasteiger partial charge in [-0.2, -0.15) is 10.1 Å². The van der Waals surface area contributed by atoms with E-state index in [2.05, 4.69) is 25.1 Å². The summed E-state index contributed by atoms with van der Waals surface area (Å²) in [5.41, 5.74) is 4.00. The second-order valence-electron chi connectivity index (χ2n) is 6.07. The first kappa shape index (κ1) is 16.7. The van der Waals surface area contributed by atoms with Crippen molar-refractivity contribution in [3.63, 3.8) is 0 Å². The molecule has 2 heterocycles. The maximum atomic E-state index is 12.8. The van der Waals surface area contributed by atoms with Crippen molar-refractivity contribution >= 4 is 5.91 Å². The first-order valence-electron chi connectivity index (χ1n) is 8.46. The highest BCUT2D eigenvalue weighted by molar-refractivity contribution is 5.99. The molecule has 27 heavy (non-hydrogen) atoms. The van der Waals surface area contributed by atoms with Crippen LogP contribution < -0.4 is 5.32 Å². The number of hydrogen-bond donors (Lipinski definition) is 1. The lowest BCUT2D eigenvalue weighted by atomic mass is 10.1. The van der Waals surface area contributed by atoms with Crippen LogP contribution in [0.25, 0.3) is 16.9 Å². The molecule has 7 nitrogen and oxygen atoms in total. The Labute approximate surface area is 155 Å². The summed E-state index contributed by atoms with van der Waals surface area (Å²) in [6, 6.07) is 17.6. The average molecular weight is 359 g/mol. The van der Waals surface area contributed by atoms with Crippen LogP contribution in [-0.4, -0.2) is 25.8 Å². The molecule has 0 aliphatic heterocycles. The average Bonchev–Trinajstić information content (AvgIpc) is 3.37. The molecule has 134 valence electrons. The van der Waals surface area contributed by atoms with Gasteiger partial charge in [0, 0.05) is 11.8 Å². The van der Waals surface area contributed by atoms with Crippen LogP contribution in [0.5, 0.6) is 0 Å². The lowest BCUT2D eigenvalue weighted by molar-refractivity contribution is 0.0950. The third-order valence-electron chi connectivity index (χ3n) is 4.12. The normalized spacial score (nSPS) is 10.7. The molecule has 0 saturated heterocycles. The predicted molar refractivity (Wildman–Crippen MR) is 99.2 cm³/mol. The summed E-state index contributed by atoms with van der Waals surface area (Å²) in [5.74, 6) is 0.160. The van der Waals surface area contributed by atoms with Crippen LogP contribution in [0, 0.1) is 6.92 Å². The zero-order chi connectivity index (χ0) is 18.6. The highest BCUT2D eigenvalue weighted by Gasteiger charge is 2.19. The van der Waals surface area contributed by atoms with Crippen molar-refractivity contribution < 1.29 is 9.32 Å². The molecular weight excluding hydrogens is 342 g/mol.